The normalized spacial score (nSPS) is 15.2. The fourth-order valence-corrected chi connectivity index (χ4v) is 3.33. The summed E-state index contributed by atoms with van der Waals surface area (Å²) in [5.74, 6) is 0.975. The number of aryl methyl sites for hydroxylation is 1. The van der Waals surface area contributed by atoms with Crippen LogP contribution in [0.1, 0.15) is 19.3 Å². The Bertz CT molecular complexity index is 1200. The van der Waals surface area contributed by atoms with Crippen LogP contribution in [0.25, 0.3) is 16.9 Å². The van der Waals surface area contributed by atoms with E-state index in [1.54, 1.807) is 23.4 Å². The summed E-state index contributed by atoms with van der Waals surface area (Å²) < 4.78 is 14.7. The van der Waals surface area contributed by atoms with Gasteiger partial charge in [-0.3, -0.25) is 14.0 Å². The van der Waals surface area contributed by atoms with E-state index >= 15 is 0 Å². The van der Waals surface area contributed by atoms with E-state index in [0.717, 1.165) is 17.1 Å². The number of ether oxygens (including phenoxy) is 2. The Morgan fingerprint density at radius 2 is 1.87 bits per heavy atom. The van der Waals surface area contributed by atoms with E-state index in [2.05, 4.69) is 25.4 Å². The first-order chi connectivity index (χ1) is 15.2. The van der Waals surface area contributed by atoms with Gasteiger partial charge in [0, 0.05) is 31.3 Å². The summed E-state index contributed by atoms with van der Waals surface area (Å²) in [5.41, 5.74) is 3.07. The van der Waals surface area contributed by atoms with Gasteiger partial charge in [0.2, 0.25) is 5.95 Å². The van der Waals surface area contributed by atoms with Gasteiger partial charge >= 0.3 is 5.97 Å². The molecular formula is C21H21N7O3. The molecule has 3 aromatic heterocycles. The van der Waals surface area contributed by atoms with Crippen molar-refractivity contribution in [2.45, 2.75) is 25.8 Å². The molecule has 0 atom stereocenters. The van der Waals surface area contributed by atoms with E-state index in [4.69, 9.17) is 9.47 Å². The quantitative estimate of drug-likeness (QED) is 0.434. The lowest BCUT2D eigenvalue weighted by Gasteiger charge is -2.09. The van der Waals surface area contributed by atoms with Crippen LogP contribution in [-0.2, 0) is 16.1 Å². The van der Waals surface area contributed by atoms with Crippen LogP contribution in [0.4, 0.5) is 11.6 Å². The van der Waals surface area contributed by atoms with Gasteiger partial charge in [0.05, 0.1) is 31.3 Å². The molecule has 0 radical (unpaired) electrons. The molecular weight excluding hydrogens is 398 g/mol. The zero-order chi connectivity index (χ0) is 21.0. The number of carbonyl (C=O) groups excluding carboxylic acids is 1. The van der Waals surface area contributed by atoms with E-state index in [0.29, 0.717) is 56.1 Å². The molecule has 6 rings (SSSR count). The maximum absolute atomic E-state index is 11.9. The fourth-order valence-electron chi connectivity index (χ4n) is 3.33. The summed E-state index contributed by atoms with van der Waals surface area (Å²) in [6.45, 7) is 1.44. The smallest absolute Gasteiger partial charge is 0.305 e. The average molecular weight is 419 g/mol. The van der Waals surface area contributed by atoms with E-state index in [1.165, 1.54) is 0 Å². The lowest BCUT2D eigenvalue weighted by atomic mass is 10.3. The van der Waals surface area contributed by atoms with Crippen molar-refractivity contribution < 1.29 is 14.3 Å². The number of nitrogens with one attached hydrogen (secondary N) is 1. The Morgan fingerprint density at radius 1 is 1.00 bits per heavy atom. The number of anilines is 2. The number of rotatable bonds is 0. The molecule has 0 saturated carbocycles. The second-order valence-corrected chi connectivity index (χ2v) is 7.15. The van der Waals surface area contributed by atoms with Gasteiger partial charge in [-0.05, 0) is 30.7 Å². The maximum Gasteiger partial charge on any atom is 0.305 e. The number of hydrogen-bond donors (Lipinski definition) is 1. The minimum Gasteiger partial charge on any atom is -0.494 e. The second-order valence-electron chi connectivity index (χ2n) is 7.15. The molecule has 0 saturated heterocycles. The highest BCUT2D eigenvalue weighted by Crippen LogP contribution is 2.21. The Labute approximate surface area is 177 Å². The zero-order valence-electron chi connectivity index (χ0n) is 16.8. The molecule has 6 bridgehead atoms. The van der Waals surface area contributed by atoms with E-state index in [-0.39, 0.29) is 5.97 Å². The minimum absolute atomic E-state index is 0.215. The zero-order valence-corrected chi connectivity index (χ0v) is 16.8. The lowest BCUT2D eigenvalue weighted by molar-refractivity contribution is -0.144. The van der Waals surface area contributed by atoms with Crippen LogP contribution in [0.2, 0.25) is 0 Å². The molecule has 1 N–H and O–H groups in total. The summed E-state index contributed by atoms with van der Waals surface area (Å²) in [5, 5.41) is 7.50. The molecule has 31 heavy (non-hydrogen) atoms. The van der Waals surface area contributed by atoms with Crippen LogP contribution >= 0.6 is 0 Å². The molecule has 4 aromatic rings. The van der Waals surface area contributed by atoms with Gasteiger partial charge in [-0.15, -0.1) is 0 Å². The van der Waals surface area contributed by atoms with Crippen molar-refractivity contribution in [2.24, 2.45) is 0 Å². The third-order valence-electron chi connectivity index (χ3n) is 4.88. The predicted molar refractivity (Wildman–Crippen MR) is 112 cm³/mol. The van der Waals surface area contributed by atoms with Crippen LogP contribution in [0.5, 0.6) is 5.75 Å². The van der Waals surface area contributed by atoms with Crippen molar-refractivity contribution in [3.63, 3.8) is 0 Å². The number of benzene rings is 1. The number of aromatic nitrogens is 6. The van der Waals surface area contributed by atoms with Gasteiger partial charge in [0.15, 0.2) is 5.65 Å². The minimum atomic E-state index is -0.215. The van der Waals surface area contributed by atoms with Crippen LogP contribution in [0.15, 0.2) is 49.2 Å². The number of carbonyl (C=O) groups is 1. The SMILES string of the molecule is O=C1CCCOc2ccc(cc2)-n2cnc3cnc(nc32)Nc2cnn(c2)CCCO1. The number of nitrogens with zero attached hydrogens (tertiary/aromatic N) is 6. The molecule has 2 aliphatic rings. The molecule has 10 nitrogen and oxygen atoms in total. The topological polar surface area (TPSA) is 109 Å². The first kappa shape index (κ1) is 19.0. The van der Waals surface area contributed by atoms with E-state index < -0.39 is 0 Å². The molecule has 0 unspecified atom stereocenters. The van der Waals surface area contributed by atoms with Crippen LogP contribution < -0.4 is 10.1 Å². The van der Waals surface area contributed by atoms with Crippen molar-refractivity contribution in [2.75, 3.05) is 18.5 Å². The highest BCUT2D eigenvalue weighted by molar-refractivity contribution is 5.74. The third-order valence-corrected chi connectivity index (χ3v) is 4.88. The Hall–Kier alpha value is -3.95. The number of hydrogen-bond acceptors (Lipinski definition) is 8. The van der Waals surface area contributed by atoms with Gasteiger partial charge in [-0.25, -0.2) is 9.97 Å². The van der Waals surface area contributed by atoms with Crippen LogP contribution in [0, 0.1) is 0 Å². The van der Waals surface area contributed by atoms with Crippen LogP contribution in [0.3, 0.4) is 0 Å². The Balaban J connectivity index is 1.45. The van der Waals surface area contributed by atoms with Gasteiger partial charge in [0.1, 0.15) is 17.6 Å². The number of imidazole rings is 1. The van der Waals surface area contributed by atoms with Crippen molar-refractivity contribution in [1.29, 1.82) is 0 Å². The molecule has 10 heteroatoms. The highest BCUT2D eigenvalue weighted by Gasteiger charge is 2.10. The molecule has 1 aromatic carbocycles. The Morgan fingerprint density at radius 3 is 2.77 bits per heavy atom. The van der Waals surface area contributed by atoms with Crippen molar-refractivity contribution in [1.82, 2.24) is 29.3 Å². The summed E-state index contributed by atoms with van der Waals surface area (Å²) in [6, 6.07) is 7.65. The standard InChI is InChI=1S/C21H21N7O3/c29-19-3-1-9-30-17-6-4-16(5-7-17)28-14-23-18-12-22-21(26-20(18)28)25-15-11-24-27(13-15)8-2-10-31-19/h4-7,11-14H,1-3,8-10H2,(H,22,25,26). The monoisotopic (exact) mass is 419 g/mol. The van der Waals surface area contributed by atoms with Crippen molar-refractivity contribution in [3.05, 3.63) is 49.2 Å². The summed E-state index contributed by atoms with van der Waals surface area (Å²) in [6.07, 6.45) is 8.59. The van der Waals surface area contributed by atoms with Crippen molar-refractivity contribution >= 4 is 28.8 Å². The van der Waals surface area contributed by atoms with E-state index in [9.17, 15) is 4.79 Å². The molecule has 0 spiro atoms. The molecule has 0 amide bonds. The van der Waals surface area contributed by atoms with Gasteiger partial charge in [-0.1, -0.05) is 0 Å². The summed E-state index contributed by atoms with van der Waals surface area (Å²) >= 11 is 0. The van der Waals surface area contributed by atoms with Gasteiger partial charge in [-0.2, -0.15) is 10.1 Å². The largest absolute Gasteiger partial charge is 0.494 e. The van der Waals surface area contributed by atoms with E-state index in [1.807, 2.05) is 35.0 Å². The third kappa shape index (κ3) is 4.32. The first-order valence-electron chi connectivity index (χ1n) is 10.1. The molecule has 5 heterocycles. The maximum atomic E-state index is 11.9. The molecule has 158 valence electrons. The number of esters is 1. The highest BCUT2D eigenvalue weighted by atomic mass is 16.5. The van der Waals surface area contributed by atoms with Gasteiger partial charge in [0.25, 0.3) is 0 Å². The fraction of sp³-hybridized carbons (Fsp3) is 0.286. The summed E-state index contributed by atoms with van der Waals surface area (Å²) in [7, 11) is 0. The second kappa shape index (κ2) is 8.42. The predicted octanol–water partition coefficient (Wildman–Crippen LogP) is 2.86. The van der Waals surface area contributed by atoms with Crippen molar-refractivity contribution in [3.8, 4) is 11.4 Å². The van der Waals surface area contributed by atoms with Crippen LogP contribution in [-0.4, -0.2) is 48.5 Å². The molecule has 0 fully saturated rings. The Kier molecular flexibility index (Phi) is 5.17. The first-order valence-corrected chi connectivity index (χ1v) is 10.1. The lowest BCUT2D eigenvalue weighted by Crippen LogP contribution is -2.10. The van der Waals surface area contributed by atoms with Gasteiger partial charge < -0.3 is 14.8 Å². The summed E-state index contributed by atoms with van der Waals surface area (Å²) in [4.78, 5) is 25.2. The molecule has 0 aliphatic carbocycles. The number of fused-ring (bicyclic) bond motifs is 10. The molecule has 2 aliphatic heterocycles. The average Bonchev–Trinajstić information content (AvgIpc) is 3.41.